The van der Waals surface area contributed by atoms with Crippen LogP contribution in [0.3, 0.4) is 0 Å². The van der Waals surface area contributed by atoms with Crippen LogP contribution in [0.25, 0.3) is 0 Å². The molecule has 2 aromatic heterocycles. The monoisotopic (exact) mass is 237 g/mol. The molecule has 0 aliphatic rings. The molecule has 0 spiro atoms. The molecule has 5 nitrogen and oxygen atoms in total. The Hall–Kier alpha value is -1.88. The van der Waals surface area contributed by atoms with Crippen LogP contribution in [0, 0.1) is 0 Å². The Morgan fingerprint density at radius 1 is 1.31 bits per heavy atom. The van der Waals surface area contributed by atoms with Gasteiger partial charge in [0.1, 0.15) is 5.75 Å². The van der Waals surface area contributed by atoms with E-state index in [-0.39, 0.29) is 11.0 Å². The maximum absolute atomic E-state index is 5.68. The summed E-state index contributed by atoms with van der Waals surface area (Å²) in [4.78, 5) is 3.91. The van der Waals surface area contributed by atoms with Crippen molar-refractivity contribution in [1.29, 1.82) is 0 Å². The van der Waals surface area contributed by atoms with Crippen molar-refractivity contribution < 1.29 is 9.47 Å². The molecule has 2 heterocycles. The molecule has 0 unspecified atom stereocenters. The quantitative estimate of drug-likeness (QED) is 0.820. The number of hydrogen-bond donors (Lipinski definition) is 0. The highest BCUT2D eigenvalue weighted by Gasteiger charge is 2.09. The van der Waals surface area contributed by atoms with Crippen molar-refractivity contribution in [3.05, 3.63) is 35.7 Å². The summed E-state index contributed by atoms with van der Waals surface area (Å²) in [6, 6.07) is 5.04. The summed E-state index contributed by atoms with van der Waals surface area (Å²) in [7, 11) is 1.50. The SMILES string of the molecule is COc1cc(Cl)nnc1Oc1cccnc1. The maximum atomic E-state index is 5.68. The van der Waals surface area contributed by atoms with Crippen molar-refractivity contribution in [2.45, 2.75) is 0 Å². The molecule has 0 aliphatic carbocycles. The van der Waals surface area contributed by atoms with Crippen LogP contribution in [0.1, 0.15) is 0 Å². The Kier molecular flexibility index (Phi) is 3.16. The fourth-order valence-electron chi connectivity index (χ4n) is 1.08. The molecule has 0 atom stereocenters. The first-order valence-corrected chi connectivity index (χ1v) is 4.82. The second kappa shape index (κ2) is 4.76. The molecule has 16 heavy (non-hydrogen) atoms. The van der Waals surface area contributed by atoms with E-state index in [1.54, 1.807) is 24.5 Å². The predicted octanol–water partition coefficient (Wildman–Crippen LogP) is 2.33. The summed E-state index contributed by atoms with van der Waals surface area (Å²) >= 11 is 5.68. The minimum absolute atomic E-state index is 0.246. The molecular weight excluding hydrogens is 230 g/mol. The molecule has 0 bridgehead atoms. The Balaban J connectivity index is 2.28. The number of pyridine rings is 1. The van der Waals surface area contributed by atoms with Crippen LogP contribution >= 0.6 is 11.6 Å². The van der Waals surface area contributed by atoms with Gasteiger partial charge in [-0.3, -0.25) is 4.98 Å². The first-order valence-electron chi connectivity index (χ1n) is 4.44. The summed E-state index contributed by atoms with van der Waals surface area (Å²) < 4.78 is 10.5. The molecule has 0 amide bonds. The topological polar surface area (TPSA) is 57.1 Å². The summed E-state index contributed by atoms with van der Waals surface area (Å²) in [5.41, 5.74) is 0. The minimum Gasteiger partial charge on any atom is -0.491 e. The number of nitrogens with zero attached hydrogens (tertiary/aromatic N) is 3. The lowest BCUT2D eigenvalue weighted by molar-refractivity contribution is 0.365. The van der Waals surface area contributed by atoms with Crippen LogP contribution in [-0.2, 0) is 0 Å². The van der Waals surface area contributed by atoms with E-state index in [2.05, 4.69) is 15.2 Å². The van der Waals surface area contributed by atoms with Crippen molar-refractivity contribution in [2.75, 3.05) is 7.11 Å². The van der Waals surface area contributed by atoms with Gasteiger partial charge >= 0.3 is 0 Å². The van der Waals surface area contributed by atoms with Crippen molar-refractivity contribution in [1.82, 2.24) is 15.2 Å². The van der Waals surface area contributed by atoms with Gasteiger partial charge in [0.05, 0.1) is 13.3 Å². The largest absolute Gasteiger partial charge is 0.491 e. The highest BCUT2D eigenvalue weighted by molar-refractivity contribution is 6.29. The molecule has 0 saturated heterocycles. The van der Waals surface area contributed by atoms with Crippen molar-refractivity contribution >= 4 is 11.6 Å². The van der Waals surface area contributed by atoms with Crippen LogP contribution in [-0.4, -0.2) is 22.3 Å². The summed E-state index contributed by atoms with van der Waals surface area (Å²) in [5, 5.41) is 7.71. The van der Waals surface area contributed by atoms with Gasteiger partial charge in [0.25, 0.3) is 5.88 Å². The summed E-state index contributed by atoms with van der Waals surface area (Å²) in [6.45, 7) is 0. The second-order valence-corrected chi connectivity index (χ2v) is 3.22. The van der Waals surface area contributed by atoms with Gasteiger partial charge < -0.3 is 9.47 Å². The number of methoxy groups -OCH3 is 1. The lowest BCUT2D eigenvalue weighted by Crippen LogP contribution is -1.95. The number of hydrogen-bond acceptors (Lipinski definition) is 5. The third-order valence-corrected chi connectivity index (χ3v) is 1.95. The molecule has 2 aromatic rings. The molecule has 0 saturated carbocycles. The molecule has 6 heteroatoms. The number of ether oxygens (including phenoxy) is 2. The highest BCUT2D eigenvalue weighted by Crippen LogP contribution is 2.29. The van der Waals surface area contributed by atoms with Crippen LogP contribution in [0.15, 0.2) is 30.6 Å². The zero-order valence-electron chi connectivity index (χ0n) is 8.42. The fourth-order valence-corrected chi connectivity index (χ4v) is 1.21. The maximum Gasteiger partial charge on any atom is 0.281 e. The fraction of sp³-hybridized carbons (Fsp3) is 0.100. The average molecular weight is 238 g/mol. The minimum atomic E-state index is 0.246. The lowest BCUT2D eigenvalue weighted by Gasteiger charge is -2.07. The van der Waals surface area contributed by atoms with E-state index in [1.807, 2.05) is 0 Å². The van der Waals surface area contributed by atoms with Gasteiger partial charge in [0, 0.05) is 12.3 Å². The molecule has 0 aromatic carbocycles. The van der Waals surface area contributed by atoms with Crippen LogP contribution in [0.5, 0.6) is 17.4 Å². The van der Waals surface area contributed by atoms with Gasteiger partial charge in [0.2, 0.25) is 0 Å². The van der Waals surface area contributed by atoms with E-state index in [1.165, 1.54) is 13.2 Å². The molecule has 0 aliphatic heterocycles. The summed E-state index contributed by atoms with van der Waals surface area (Å²) in [6.07, 6.45) is 3.22. The molecule has 2 rings (SSSR count). The first kappa shape index (κ1) is 10.6. The third kappa shape index (κ3) is 2.38. The van der Waals surface area contributed by atoms with Crippen LogP contribution in [0.2, 0.25) is 5.15 Å². The molecule has 0 fully saturated rings. The Labute approximate surface area is 97.0 Å². The van der Waals surface area contributed by atoms with E-state index in [9.17, 15) is 0 Å². The zero-order valence-corrected chi connectivity index (χ0v) is 9.18. The van der Waals surface area contributed by atoms with Gasteiger partial charge in [-0.25, -0.2) is 0 Å². The van der Waals surface area contributed by atoms with E-state index < -0.39 is 0 Å². The van der Waals surface area contributed by atoms with Crippen LogP contribution < -0.4 is 9.47 Å². The Bertz CT molecular complexity index is 479. The number of halogens is 1. The van der Waals surface area contributed by atoms with Gasteiger partial charge in [-0.15, -0.1) is 10.2 Å². The lowest BCUT2D eigenvalue weighted by atomic mass is 10.4. The van der Waals surface area contributed by atoms with Gasteiger partial charge in [-0.1, -0.05) is 11.6 Å². The van der Waals surface area contributed by atoms with E-state index in [0.717, 1.165) is 0 Å². The standard InChI is InChI=1S/C10H8ClN3O2/c1-15-8-5-9(11)13-14-10(8)16-7-3-2-4-12-6-7/h2-6H,1H3. The normalized spacial score (nSPS) is 9.88. The highest BCUT2D eigenvalue weighted by atomic mass is 35.5. The number of aromatic nitrogens is 3. The second-order valence-electron chi connectivity index (χ2n) is 2.83. The average Bonchev–Trinajstić information content (AvgIpc) is 2.33. The van der Waals surface area contributed by atoms with Gasteiger partial charge in [0.15, 0.2) is 10.9 Å². The predicted molar refractivity (Wildman–Crippen MR) is 57.9 cm³/mol. The molecule has 82 valence electrons. The van der Waals surface area contributed by atoms with Crippen molar-refractivity contribution in [2.24, 2.45) is 0 Å². The molecular formula is C10H8ClN3O2. The van der Waals surface area contributed by atoms with E-state index in [4.69, 9.17) is 21.1 Å². The van der Waals surface area contributed by atoms with Crippen molar-refractivity contribution in [3.63, 3.8) is 0 Å². The van der Waals surface area contributed by atoms with Gasteiger partial charge in [-0.2, -0.15) is 0 Å². The number of rotatable bonds is 3. The Morgan fingerprint density at radius 2 is 2.19 bits per heavy atom. The zero-order chi connectivity index (χ0) is 11.4. The van der Waals surface area contributed by atoms with E-state index >= 15 is 0 Å². The van der Waals surface area contributed by atoms with Crippen molar-refractivity contribution in [3.8, 4) is 17.4 Å². The van der Waals surface area contributed by atoms with Gasteiger partial charge in [-0.05, 0) is 12.1 Å². The van der Waals surface area contributed by atoms with E-state index in [0.29, 0.717) is 11.5 Å². The smallest absolute Gasteiger partial charge is 0.281 e. The first-order chi connectivity index (χ1) is 7.79. The third-order valence-electron chi connectivity index (χ3n) is 1.77. The molecule has 0 radical (unpaired) electrons. The molecule has 0 N–H and O–H groups in total. The van der Waals surface area contributed by atoms with Crippen LogP contribution in [0.4, 0.5) is 0 Å². The Morgan fingerprint density at radius 3 is 2.88 bits per heavy atom. The summed E-state index contributed by atoms with van der Waals surface area (Å²) in [5.74, 6) is 1.22.